The van der Waals surface area contributed by atoms with Gasteiger partial charge in [0.1, 0.15) is 0 Å². The number of methoxy groups -OCH3 is 1. The van der Waals surface area contributed by atoms with Gasteiger partial charge in [-0.15, -0.1) is 6.58 Å². The fraction of sp³-hybridized carbons (Fsp3) is 0.294. The number of ether oxygens (including phenoxy) is 1. The molecule has 0 fully saturated rings. The van der Waals surface area contributed by atoms with Gasteiger partial charge in [-0.05, 0) is 11.6 Å². The lowest BCUT2D eigenvalue weighted by Gasteiger charge is -2.22. The average Bonchev–Trinajstić information content (AvgIpc) is 2.52. The van der Waals surface area contributed by atoms with Gasteiger partial charge in [0.15, 0.2) is 0 Å². The Morgan fingerprint density at radius 3 is 2.57 bits per heavy atom. The van der Waals surface area contributed by atoms with Gasteiger partial charge in [-0.25, -0.2) is 0 Å². The Morgan fingerprint density at radius 2 is 2.00 bits per heavy atom. The van der Waals surface area contributed by atoms with Gasteiger partial charge < -0.3 is 9.64 Å². The lowest BCUT2D eigenvalue weighted by Crippen LogP contribution is -2.36. The number of hydrogen-bond acceptors (Lipinski definition) is 3. The Balaban J connectivity index is 2.71. The molecule has 21 heavy (non-hydrogen) atoms. The van der Waals surface area contributed by atoms with Gasteiger partial charge in [0.2, 0.25) is 5.91 Å². The smallest absolute Gasteiger partial charge is 0.310 e. The van der Waals surface area contributed by atoms with E-state index in [1.807, 2.05) is 30.3 Å². The lowest BCUT2D eigenvalue weighted by molar-refractivity contribution is -0.145. The van der Waals surface area contributed by atoms with E-state index in [1.165, 1.54) is 13.2 Å². The second-order valence-corrected chi connectivity index (χ2v) is 4.70. The minimum atomic E-state index is -0.371. The molecule has 0 heterocycles. The number of nitrogens with zero attached hydrogens (tertiary/aromatic N) is 1. The summed E-state index contributed by atoms with van der Waals surface area (Å²) in [4.78, 5) is 25.2. The maximum atomic E-state index is 12.2. The van der Waals surface area contributed by atoms with Crippen molar-refractivity contribution >= 4 is 18.0 Å². The maximum Gasteiger partial charge on any atom is 0.310 e. The van der Waals surface area contributed by atoms with E-state index in [0.717, 1.165) is 5.56 Å². The molecule has 0 saturated heterocycles. The van der Waals surface area contributed by atoms with Gasteiger partial charge in [-0.3, -0.25) is 9.59 Å². The van der Waals surface area contributed by atoms with Crippen LogP contribution in [-0.2, 0) is 14.3 Å². The van der Waals surface area contributed by atoms with E-state index in [0.29, 0.717) is 13.1 Å². The molecule has 0 aliphatic rings. The highest BCUT2D eigenvalue weighted by Crippen LogP contribution is 2.06. The molecule has 1 atom stereocenters. The molecule has 0 bridgehead atoms. The molecule has 1 rings (SSSR count). The van der Waals surface area contributed by atoms with Crippen molar-refractivity contribution in [3.63, 3.8) is 0 Å². The highest BCUT2D eigenvalue weighted by Gasteiger charge is 2.19. The van der Waals surface area contributed by atoms with Crippen LogP contribution in [0.25, 0.3) is 6.08 Å². The average molecular weight is 287 g/mol. The molecule has 0 spiro atoms. The van der Waals surface area contributed by atoms with Crippen LogP contribution < -0.4 is 0 Å². The van der Waals surface area contributed by atoms with Crippen LogP contribution in [0.5, 0.6) is 0 Å². The van der Waals surface area contributed by atoms with E-state index in [1.54, 1.807) is 24.0 Å². The third kappa shape index (κ3) is 5.65. The molecular weight excluding hydrogens is 266 g/mol. The van der Waals surface area contributed by atoms with Gasteiger partial charge in [0.25, 0.3) is 0 Å². The number of hydrogen-bond donors (Lipinski definition) is 0. The SMILES string of the molecule is C=CCN(CC(C)C(=O)OC)C(=O)/C=C/c1ccccc1. The number of carbonyl (C=O) groups is 2. The zero-order valence-electron chi connectivity index (χ0n) is 12.5. The summed E-state index contributed by atoms with van der Waals surface area (Å²) in [5.41, 5.74) is 0.949. The summed E-state index contributed by atoms with van der Waals surface area (Å²) in [7, 11) is 1.34. The second kappa shape index (κ2) is 8.74. The van der Waals surface area contributed by atoms with Crippen LogP contribution >= 0.6 is 0 Å². The summed E-state index contributed by atoms with van der Waals surface area (Å²) >= 11 is 0. The van der Waals surface area contributed by atoms with Crippen LogP contribution in [0, 0.1) is 5.92 Å². The van der Waals surface area contributed by atoms with E-state index in [9.17, 15) is 9.59 Å². The Kier molecular flexibility index (Phi) is 6.95. The van der Waals surface area contributed by atoms with E-state index in [2.05, 4.69) is 11.3 Å². The molecule has 0 N–H and O–H groups in total. The summed E-state index contributed by atoms with van der Waals surface area (Å²) in [6, 6.07) is 9.56. The van der Waals surface area contributed by atoms with Crippen molar-refractivity contribution in [3.05, 3.63) is 54.6 Å². The molecule has 1 aromatic rings. The summed E-state index contributed by atoms with van der Waals surface area (Å²) in [5, 5.41) is 0. The molecule has 112 valence electrons. The van der Waals surface area contributed by atoms with Crippen molar-refractivity contribution in [1.29, 1.82) is 0 Å². The zero-order valence-corrected chi connectivity index (χ0v) is 12.5. The summed E-state index contributed by atoms with van der Waals surface area (Å²) < 4.78 is 4.68. The number of carbonyl (C=O) groups excluding carboxylic acids is 2. The monoisotopic (exact) mass is 287 g/mol. The Morgan fingerprint density at radius 1 is 1.33 bits per heavy atom. The van der Waals surface area contributed by atoms with Crippen LogP contribution in [0.1, 0.15) is 12.5 Å². The normalized spacial score (nSPS) is 11.9. The van der Waals surface area contributed by atoms with Crippen molar-refractivity contribution in [2.45, 2.75) is 6.92 Å². The Bertz CT molecular complexity index is 508. The molecule has 0 radical (unpaired) electrons. The van der Waals surface area contributed by atoms with Crippen molar-refractivity contribution in [2.75, 3.05) is 20.2 Å². The van der Waals surface area contributed by atoms with Crippen LogP contribution in [0.3, 0.4) is 0 Å². The minimum Gasteiger partial charge on any atom is -0.469 e. The number of amides is 1. The fourth-order valence-corrected chi connectivity index (χ4v) is 1.85. The zero-order chi connectivity index (χ0) is 15.7. The number of esters is 1. The molecular formula is C17H21NO3. The Hall–Kier alpha value is -2.36. The topological polar surface area (TPSA) is 46.6 Å². The molecule has 0 aliphatic heterocycles. The Labute approximate surface area is 125 Å². The quantitative estimate of drug-likeness (QED) is 0.440. The third-order valence-electron chi connectivity index (χ3n) is 2.98. The molecule has 0 saturated carbocycles. The summed E-state index contributed by atoms with van der Waals surface area (Å²) in [6.07, 6.45) is 4.89. The van der Waals surface area contributed by atoms with Crippen molar-refractivity contribution in [1.82, 2.24) is 4.90 Å². The molecule has 1 amide bonds. The van der Waals surface area contributed by atoms with Crippen LogP contribution in [0.4, 0.5) is 0 Å². The standard InChI is InChI=1S/C17H21NO3/c1-4-12-18(13-14(2)17(20)21-3)16(19)11-10-15-8-6-5-7-9-15/h4-11,14H,1,12-13H2,2-3H3/b11-10+. The largest absolute Gasteiger partial charge is 0.469 e. The first kappa shape index (κ1) is 16.7. The van der Waals surface area contributed by atoms with Crippen molar-refractivity contribution in [3.8, 4) is 0 Å². The van der Waals surface area contributed by atoms with Gasteiger partial charge in [0, 0.05) is 19.2 Å². The van der Waals surface area contributed by atoms with Crippen LogP contribution in [0.15, 0.2) is 49.1 Å². The highest BCUT2D eigenvalue weighted by atomic mass is 16.5. The van der Waals surface area contributed by atoms with Gasteiger partial charge >= 0.3 is 5.97 Å². The fourth-order valence-electron chi connectivity index (χ4n) is 1.85. The van der Waals surface area contributed by atoms with E-state index in [-0.39, 0.29) is 17.8 Å². The minimum absolute atomic E-state index is 0.158. The first-order chi connectivity index (χ1) is 10.1. The lowest BCUT2D eigenvalue weighted by atomic mass is 10.1. The number of rotatable bonds is 7. The van der Waals surface area contributed by atoms with Crippen LogP contribution in [0.2, 0.25) is 0 Å². The molecule has 1 unspecified atom stereocenters. The maximum absolute atomic E-state index is 12.2. The molecule has 4 heteroatoms. The number of benzene rings is 1. The van der Waals surface area contributed by atoms with E-state index < -0.39 is 0 Å². The third-order valence-corrected chi connectivity index (χ3v) is 2.98. The van der Waals surface area contributed by atoms with E-state index >= 15 is 0 Å². The molecule has 1 aromatic carbocycles. The van der Waals surface area contributed by atoms with Gasteiger partial charge in [-0.2, -0.15) is 0 Å². The summed E-state index contributed by atoms with van der Waals surface area (Å²) in [6.45, 7) is 6.06. The first-order valence-corrected chi connectivity index (χ1v) is 6.79. The van der Waals surface area contributed by atoms with Crippen molar-refractivity contribution < 1.29 is 14.3 Å². The second-order valence-electron chi connectivity index (χ2n) is 4.70. The summed E-state index contributed by atoms with van der Waals surface area (Å²) in [5.74, 6) is -0.859. The predicted octanol–water partition coefficient (Wildman–Crippen LogP) is 2.52. The first-order valence-electron chi connectivity index (χ1n) is 6.79. The molecule has 0 aliphatic carbocycles. The highest BCUT2D eigenvalue weighted by molar-refractivity contribution is 5.92. The van der Waals surface area contributed by atoms with Crippen LogP contribution in [-0.4, -0.2) is 37.0 Å². The van der Waals surface area contributed by atoms with Crippen molar-refractivity contribution in [2.24, 2.45) is 5.92 Å². The van der Waals surface area contributed by atoms with Gasteiger partial charge in [0.05, 0.1) is 13.0 Å². The molecule has 0 aromatic heterocycles. The predicted molar refractivity (Wildman–Crippen MR) is 83.4 cm³/mol. The van der Waals surface area contributed by atoms with E-state index in [4.69, 9.17) is 0 Å². The molecule has 4 nitrogen and oxygen atoms in total. The van der Waals surface area contributed by atoms with Gasteiger partial charge in [-0.1, -0.05) is 43.3 Å².